The lowest BCUT2D eigenvalue weighted by molar-refractivity contribution is -0.107. The van der Waals surface area contributed by atoms with Crippen molar-refractivity contribution < 1.29 is 19.0 Å². The molecule has 0 aliphatic rings. The average molecular weight is 261 g/mol. The first-order valence-electron chi connectivity index (χ1n) is 6.70. The summed E-state index contributed by atoms with van der Waals surface area (Å²) in [6.07, 6.45) is 4.90. The quantitative estimate of drug-likeness (QED) is 0.352. The average Bonchev–Trinajstić information content (AvgIpc) is 2.39. The monoisotopic (exact) mass is 261 g/mol. The maximum Gasteiger partial charge on any atom is 0.119 e. The second-order valence-electron chi connectivity index (χ2n) is 3.98. The van der Waals surface area contributed by atoms with Crippen molar-refractivity contribution in [1.82, 2.24) is 5.32 Å². The van der Waals surface area contributed by atoms with E-state index in [2.05, 4.69) is 5.32 Å². The number of rotatable bonds is 15. The Morgan fingerprint density at radius 2 is 1.61 bits per heavy atom. The van der Waals surface area contributed by atoms with Gasteiger partial charge in [0.05, 0.1) is 33.0 Å². The van der Waals surface area contributed by atoms with Crippen LogP contribution in [-0.2, 0) is 19.0 Å². The van der Waals surface area contributed by atoms with Crippen LogP contribution in [0, 0.1) is 0 Å². The molecule has 18 heavy (non-hydrogen) atoms. The van der Waals surface area contributed by atoms with Crippen LogP contribution in [0.1, 0.15) is 25.7 Å². The van der Waals surface area contributed by atoms with Crippen LogP contribution in [0.25, 0.3) is 0 Å². The summed E-state index contributed by atoms with van der Waals surface area (Å²) in [7, 11) is 1.66. The zero-order valence-corrected chi connectivity index (χ0v) is 11.5. The third kappa shape index (κ3) is 15.5. The molecule has 0 aromatic rings. The molecule has 0 spiro atoms. The molecule has 0 fully saturated rings. The number of ether oxygens (including phenoxy) is 3. The summed E-state index contributed by atoms with van der Waals surface area (Å²) in [6.45, 7) is 5.07. The van der Waals surface area contributed by atoms with Gasteiger partial charge in [0, 0.05) is 20.1 Å². The SMILES string of the molecule is COCCOCCOCCNCCCCCC=O. The highest BCUT2D eigenvalue weighted by atomic mass is 16.5. The number of hydrogen-bond donors (Lipinski definition) is 1. The van der Waals surface area contributed by atoms with Crippen LogP contribution in [0.5, 0.6) is 0 Å². The van der Waals surface area contributed by atoms with Crippen molar-refractivity contribution in [2.45, 2.75) is 25.7 Å². The van der Waals surface area contributed by atoms with Crippen molar-refractivity contribution in [2.24, 2.45) is 0 Å². The highest BCUT2D eigenvalue weighted by Gasteiger charge is 1.92. The standard InChI is InChI=1S/C13H27NO4/c1-16-10-11-18-13-12-17-9-7-14-6-4-2-3-5-8-15/h8,14H,2-7,9-13H2,1H3. The number of unbranched alkanes of at least 4 members (excludes halogenated alkanes) is 3. The number of carbonyl (C=O) groups excluding carboxylic acids is 1. The first-order valence-corrected chi connectivity index (χ1v) is 6.70. The van der Waals surface area contributed by atoms with E-state index in [4.69, 9.17) is 14.2 Å². The molecule has 0 radical (unpaired) electrons. The van der Waals surface area contributed by atoms with E-state index in [1.807, 2.05) is 0 Å². The van der Waals surface area contributed by atoms with E-state index in [0.717, 1.165) is 38.6 Å². The summed E-state index contributed by atoms with van der Waals surface area (Å²) in [5.41, 5.74) is 0. The second kappa shape index (κ2) is 16.5. The third-order valence-corrected chi connectivity index (χ3v) is 2.40. The first kappa shape index (κ1) is 17.5. The normalized spacial score (nSPS) is 10.7. The Bertz CT molecular complexity index is 167. The van der Waals surface area contributed by atoms with E-state index in [0.29, 0.717) is 39.5 Å². The lowest BCUT2D eigenvalue weighted by Crippen LogP contribution is -2.21. The molecular formula is C13H27NO4. The molecule has 1 N–H and O–H groups in total. The van der Waals surface area contributed by atoms with E-state index in [1.165, 1.54) is 0 Å². The molecule has 0 aliphatic carbocycles. The van der Waals surface area contributed by atoms with Gasteiger partial charge >= 0.3 is 0 Å². The highest BCUT2D eigenvalue weighted by Crippen LogP contribution is 1.95. The minimum atomic E-state index is 0.620. The van der Waals surface area contributed by atoms with Crippen molar-refractivity contribution in [2.75, 3.05) is 53.2 Å². The van der Waals surface area contributed by atoms with Crippen molar-refractivity contribution in [3.05, 3.63) is 0 Å². The van der Waals surface area contributed by atoms with Gasteiger partial charge in [0.15, 0.2) is 0 Å². The molecule has 0 aliphatic heterocycles. The van der Waals surface area contributed by atoms with Crippen molar-refractivity contribution in [3.63, 3.8) is 0 Å². The largest absolute Gasteiger partial charge is 0.382 e. The summed E-state index contributed by atoms with van der Waals surface area (Å²) >= 11 is 0. The molecular weight excluding hydrogens is 234 g/mol. The van der Waals surface area contributed by atoms with Crippen molar-refractivity contribution >= 4 is 6.29 Å². The summed E-state index contributed by atoms with van der Waals surface area (Å²) < 4.78 is 15.5. The zero-order chi connectivity index (χ0) is 13.3. The Morgan fingerprint density at radius 3 is 2.33 bits per heavy atom. The molecule has 0 unspecified atom stereocenters. The van der Waals surface area contributed by atoms with Crippen LogP contribution < -0.4 is 5.32 Å². The Labute approximate surface area is 110 Å². The molecule has 108 valence electrons. The van der Waals surface area contributed by atoms with Crippen LogP contribution in [0.4, 0.5) is 0 Å². The predicted octanol–water partition coefficient (Wildman–Crippen LogP) is 1.01. The van der Waals surface area contributed by atoms with Crippen LogP contribution in [0.2, 0.25) is 0 Å². The van der Waals surface area contributed by atoms with Gasteiger partial charge in [-0.1, -0.05) is 6.42 Å². The molecule has 0 aromatic heterocycles. The maximum atomic E-state index is 10.1. The lowest BCUT2D eigenvalue weighted by atomic mass is 10.2. The van der Waals surface area contributed by atoms with Crippen LogP contribution >= 0.6 is 0 Å². The topological polar surface area (TPSA) is 56.8 Å². The van der Waals surface area contributed by atoms with E-state index in [9.17, 15) is 4.79 Å². The number of carbonyl (C=O) groups is 1. The molecule has 5 heteroatoms. The van der Waals surface area contributed by atoms with Gasteiger partial charge in [0.25, 0.3) is 0 Å². The molecule has 5 nitrogen and oxygen atoms in total. The minimum Gasteiger partial charge on any atom is -0.382 e. The fourth-order valence-corrected chi connectivity index (χ4v) is 1.39. The molecule has 0 saturated carbocycles. The van der Waals surface area contributed by atoms with E-state index in [-0.39, 0.29) is 0 Å². The van der Waals surface area contributed by atoms with Gasteiger partial charge in [-0.25, -0.2) is 0 Å². The molecule has 0 atom stereocenters. The molecule has 0 saturated heterocycles. The van der Waals surface area contributed by atoms with Gasteiger partial charge in [-0.2, -0.15) is 0 Å². The molecule has 0 heterocycles. The number of aldehydes is 1. The molecule has 0 rings (SSSR count). The van der Waals surface area contributed by atoms with Gasteiger partial charge in [-0.15, -0.1) is 0 Å². The van der Waals surface area contributed by atoms with Gasteiger partial charge in [0.2, 0.25) is 0 Å². The number of nitrogens with one attached hydrogen (secondary N) is 1. The minimum absolute atomic E-state index is 0.620. The molecule has 0 amide bonds. The summed E-state index contributed by atoms with van der Waals surface area (Å²) in [5, 5.41) is 3.30. The van der Waals surface area contributed by atoms with Crippen LogP contribution in [-0.4, -0.2) is 59.5 Å². The van der Waals surface area contributed by atoms with E-state index in [1.54, 1.807) is 7.11 Å². The highest BCUT2D eigenvalue weighted by molar-refractivity contribution is 5.48. The lowest BCUT2D eigenvalue weighted by Gasteiger charge is -2.06. The predicted molar refractivity (Wildman–Crippen MR) is 70.9 cm³/mol. The fourth-order valence-electron chi connectivity index (χ4n) is 1.39. The van der Waals surface area contributed by atoms with Gasteiger partial charge in [-0.3, -0.25) is 0 Å². The molecule has 0 aromatic carbocycles. The summed E-state index contributed by atoms with van der Waals surface area (Å²) in [5.74, 6) is 0. The maximum absolute atomic E-state index is 10.1. The second-order valence-corrected chi connectivity index (χ2v) is 3.98. The Balaban J connectivity index is 2.88. The first-order chi connectivity index (χ1) is 8.91. The van der Waals surface area contributed by atoms with Crippen LogP contribution in [0.3, 0.4) is 0 Å². The smallest absolute Gasteiger partial charge is 0.119 e. The van der Waals surface area contributed by atoms with Crippen molar-refractivity contribution in [3.8, 4) is 0 Å². The van der Waals surface area contributed by atoms with Gasteiger partial charge < -0.3 is 24.3 Å². The van der Waals surface area contributed by atoms with Gasteiger partial charge in [-0.05, 0) is 19.4 Å². The fraction of sp³-hybridized carbons (Fsp3) is 0.923. The Hall–Kier alpha value is -0.490. The van der Waals surface area contributed by atoms with Crippen molar-refractivity contribution in [1.29, 1.82) is 0 Å². The zero-order valence-electron chi connectivity index (χ0n) is 11.5. The van der Waals surface area contributed by atoms with E-state index < -0.39 is 0 Å². The summed E-state index contributed by atoms with van der Waals surface area (Å²) in [4.78, 5) is 10.1. The van der Waals surface area contributed by atoms with E-state index >= 15 is 0 Å². The molecule has 0 bridgehead atoms. The number of hydrogen-bond acceptors (Lipinski definition) is 5. The van der Waals surface area contributed by atoms with Crippen LogP contribution in [0.15, 0.2) is 0 Å². The third-order valence-electron chi connectivity index (χ3n) is 2.40. The summed E-state index contributed by atoms with van der Waals surface area (Å²) in [6, 6.07) is 0. The number of methoxy groups -OCH3 is 1. The van der Waals surface area contributed by atoms with Gasteiger partial charge in [0.1, 0.15) is 6.29 Å². The Kier molecular flexibility index (Phi) is 16.1. The Morgan fingerprint density at radius 1 is 0.889 bits per heavy atom.